The third-order valence-corrected chi connectivity index (χ3v) is 8.22. The van der Waals surface area contributed by atoms with E-state index >= 15 is 0 Å². The fraction of sp³-hybridized carbons (Fsp3) is 0.950. The second kappa shape index (κ2) is 4.97. The third-order valence-electron chi connectivity index (χ3n) is 8.22. The Morgan fingerprint density at radius 1 is 1.17 bits per heavy atom. The lowest BCUT2D eigenvalue weighted by Crippen LogP contribution is -2.43. The Hall–Kier alpha value is -0.570. The normalized spacial score (nSPS) is 52.1. The van der Waals surface area contributed by atoms with Crippen molar-refractivity contribution in [3.63, 3.8) is 0 Å². The van der Waals surface area contributed by atoms with Gasteiger partial charge in [0.05, 0.1) is 18.1 Å². The summed E-state index contributed by atoms with van der Waals surface area (Å²) in [5, 5.41) is 0. The van der Waals surface area contributed by atoms with Crippen LogP contribution in [0, 0.1) is 35.5 Å². The minimum Gasteiger partial charge on any atom is -0.459 e. The summed E-state index contributed by atoms with van der Waals surface area (Å²) in [5.41, 5.74) is -0.127. The molecule has 8 atom stereocenters. The molecule has 128 valence electrons. The summed E-state index contributed by atoms with van der Waals surface area (Å²) in [4.78, 5) is 13.0. The fourth-order valence-electron chi connectivity index (χ4n) is 7.18. The van der Waals surface area contributed by atoms with Crippen LogP contribution in [0.25, 0.3) is 0 Å². The Labute approximate surface area is 139 Å². The third kappa shape index (κ3) is 1.95. The summed E-state index contributed by atoms with van der Waals surface area (Å²) in [5.74, 6) is 3.72. The maximum absolute atomic E-state index is 13.0. The summed E-state index contributed by atoms with van der Waals surface area (Å²) in [6, 6.07) is 0. The van der Waals surface area contributed by atoms with Crippen molar-refractivity contribution in [3.8, 4) is 0 Å². The van der Waals surface area contributed by atoms with E-state index < -0.39 is 0 Å². The first kappa shape index (κ1) is 14.7. The Balaban J connectivity index is 1.32. The maximum Gasteiger partial charge on any atom is 0.309 e. The topological polar surface area (TPSA) is 35.5 Å². The molecule has 5 aliphatic rings. The first-order valence-electron chi connectivity index (χ1n) is 10.0. The first-order valence-corrected chi connectivity index (χ1v) is 10.0. The average Bonchev–Trinajstić information content (AvgIpc) is 3.31. The van der Waals surface area contributed by atoms with Gasteiger partial charge in [-0.2, -0.15) is 0 Å². The van der Waals surface area contributed by atoms with E-state index in [0.717, 1.165) is 43.4 Å². The van der Waals surface area contributed by atoms with E-state index in [9.17, 15) is 4.79 Å². The van der Waals surface area contributed by atoms with Crippen LogP contribution in [0.5, 0.6) is 0 Å². The number of hydrogen-bond acceptors (Lipinski definition) is 3. The van der Waals surface area contributed by atoms with Gasteiger partial charge in [-0.15, -0.1) is 0 Å². The number of hydrogen-bond donors (Lipinski definition) is 0. The molecule has 5 fully saturated rings. The van der Waals surface area contributed by atoms with Crippen LogP contribution in [0.1, 0.15) is 65.2 Å². The van der Waals surface area contributed by atoms with Gasteiger partial charge in [0.2, 0.25) is 0 Å². The van der Waals surface area contributed by atoms with Crippen LogP contribution in [0.4, 0.5) is 0 Å². The molecule has 8 unspecified atom stereocenters. The van der Waals surface area contributed by atoms with E-state index in [4.69, 9.17) is 9.47 Å². The Morgan fingerprint density at radius 3 is 2.70 bits per heavy atom. The van der Waals surface area contributed by atoms with E-state index in [1.807, 2.05) is 0 Å². The standard InChI is InChI=1S/C20H30O3/c1-3-20(6-4-5-7-20)23-19(21)14-10-12-9-13(14)17-15-8-11(2)18(22-15)16(12)17/h11-18H,3-10H2,1-2H3. The van der Waals surface area contributed by atoms with Crippen molar-refractivity contribution >= 4 is 5.97 Å². The number of fused-ring (bicyclic) bond motifs is 9. The second-order valence-corrected chi connectivity index (χ2v) is 9.17. The minimum atomic E-state index is -0.127. The van der Waals surface area contributed by atoms with Gasteiger partial charge in [0.15, 0.2) is 0 Å². The van der Waals surface area contributed by atoms with Gasteiger partial charge >= 0.3 is 5.97 Å². The highest BCUT2D eigenvalue weighted by molar-refractivity contribution is 5.74. The fourth-order valence-corrected chi connectivity index (χ4v) is 7.18. The number of esters is 1. The van der Waals surface area contributed by atoms with E-state index in [1.54, 1.807) is 0 Å². The molecule has 0 aromatic rings. The van der Waals surface area contributed by atoms with Crippen LogP contribution in [0.2, 0.25) is 0 Å². The number of ether oxygens (including phenoxy) is 2. The quantitative estimate of drug-likeness (QED) is 0.739. The van der Waals surface area contributed by atoms with Crippen molar-refractivity contribution in [2.75, 3.05) is 0 Å². The van der Waals surface area contributed by atoms with Crippen molar-refractivity contribution in [2.24, 2.45) is 35.5 Å². The molecule has 3 saturated carbocycles. The van der Waals surface area contributed by atoms with Gasteiger partial charge in [0, 0.05) is 0 Å². The molecular weight excluding hydrogens is 288 g/mol. The van der Waals surface area contributed by atoms with Gasteiger partial charge in [0.1, 0.15) is 5.60 Å². The lowest BCUT2D eigenvalue weighted by atomic mass is 9.65. The molecule has 0 amide bonds. The summed E-state index contributed by atoms with van der Waals surface area (Å²) in [7, 11) is 0. The number of carbonyl (C=O) groups excluding carboxylic acids is 1. The summed E-state index contributed by atoms with van der Waals surface area (Å²) < 4.78 is 12.4. The number of rotatable bonds is 3. The Bertz CT molecular complexity index is 509. The van der Waals surface area contributed by atoms with Gasteiger partial charge in [0.25, 0.3) is 0 Å². The van der Waals surface area contributed by atoms with E-state index in [1.165, 1.54) is 25.7 Å². The van der Waals surface area contributed by atoms with Gasteiger partial charge in [-0.1, -0.05) is 13.8 Å². The molecule has 2 aliphatic heterocycles. The molecule has 5 rings (SSSR count). The van der Waals surface area contributed by atoms with Crippen LogP contribution in [-0.4, -0.2) is 23.8 Å². The van der Waals surface area contributed by atoms with Crippen molar-refractivity contribution in [3.05, 3.63) is 0 Å². The molecule has 0 aromatic carbocycles. The number of carbonyl (C=O) groups is 1. The first-order chi connectivity index (χ1) is 11.1. The van der Waals surface area contributed by atoms with E-state index in [0.29, 0.717) is 24.0 Å². The Kier molecular flexibility index (Phi) is 3.19. The molecular formula is C20H30O3. The zero-order chi connectivity index (χ0) is 15.8. The van der Waals surface area contributed by atoms with E-state index in [-0.39, 0.29) is 17.5 Å². The summed E-state index contributed by atoms with van der Waals surface area (Å²) >= 11 is 0. The van der Waals surface area contributed by atoms with Crippen molar-refractivity contribution < 1.29 is 14.3 Å². The second-order valence-electron chi connectivity index (χ2n) is 9.17. The summed E-state index contributed by atoms with van der Waals surface area (Å²) in [6.07, 6.45) is 10.1. The molecule has 2 saturated heterocycles. The predicted molar refractivity (Wildman–Crippen MR) is 86.7 cm³/mol. The average molecular weight is 318 g/mol. The zero-order valence-electron chi connectivity index (χ0n) is 14.5. The molecule has 23 heavy (non-hydrogen) atoms. The highest BCUT2D eigenvalue weighted by Crippen LogP contribution is 2.65. The lowest BCUT2D eigenvalue weighted by Gasteiger charge is -2.38. The van der Waals surface area contributed by atoms with Crippen LogP contribution in [-0.2, 0) is 14.3 Å². The Morgan fingerprint density at radius 2 is 1.96 bits per heavy atom. The molecule has 3 heteroatoms. The largest absolute Gasteiger partial charge is 0.459 e. The summed E-state index contributed by atoms with van der Waals surface area (Å²) in [6.45, 7) is 4.53. The molecule has 0 aromatic heterocycles. The highest BCUT2D eigenvalue weighted by atomic mass is 16.6. The van der Waals surface area contributed by atoms with E-state index in [2.05, 4.69) is 13.8 Å². The molecule has 3 aliphatic carbocycles. The monoisotopic (exact) mass is 318 g/mol. The smallest absolute Gasteiger partial charge is 0.309 e. The highest BCUT2D eigenvalue weighted by Gasteiger charge is 2.66. The molecule has 3 nitrogen and oxygen atoms in total. The van der Waals surface area contributed by atoms with Crippen molar-refractivity contribution in [1.29, 1.82) is 0 Å². The SMILES string of the molecule is CCC1(OC(=O)C2CC3CC2C2C4CC(C)C(O4)C32)CCCC1. The van der Waals surface area contributed by atoms with Gasteiger partial charge in [-0.3, -0.25) is 4.79 Å². The van der Waals surface area contributed by atoms with Crippen LogP contribution < -0.4 is 0 Å². The minimum absolute atomic E-state index is 0.127. The molecule has 4 bridgehead atoms. The van der Waals surface area contributed by atoms with Crippen molar-refractivity contribution in [2.45, 2.75) is 83.0 Å². The maximum atomic E-state index is 13.0. The molecule has 0 spiro atoms. The van der Waals surface area contributed by atoms with Crippen LogP contribution >= 0.6 is 0 Å². The molecule has 0 N–H and O–H groups in total. The molecule has 2 heterocycles. The lowest BCUT2D eigenvalue weighted by molar-refractivity contribution is -0.168. The van der Waals surface area contributed by atoms with Gasteiger partial charge in [-0.25, -0.2) is 0 Å². The van der Waals surface area contributed by atoms with Gasteiger partial charge in [-0.05, 0) is 81.0 Å². The van der Waals surface area contributed by atoms with Gasteiger partial charge < -0.3 is 9.47 Å². The molecule has 0 radical (unpaired) electrons. The van der Waals surface area contributed by atoms with Crippen molar-refractivity contribution in [1.82, 2.24) is 0 Å². The predicted octanol–water partition coefficient (Wildman–Crippen LogP) is 3.95. The zero-order valence-corrected chi connectivity index (χ0v) is 14.5. The van der Waals surface area contributed by atoms with Crippen LogP contribution in [0.3, 0.4) is 0 Å². The van der Waals surface area contributed by atoms with Crippen LogP contribution in [0.15, 0.2) is 0 Å².